The first-order chi connectivity index (χ1) is 8.04. The summed E-state index contributed by atoms with van der Waals surface area (Å²) in [5, 5.41) is 10.8. The number of hydrogen-bond donors (Lipinski definition) is 0. The molecule has 0 N–H and O–H groups in total. The molecule has 0 aliphatic heterocycles. The van der Waals surface area contributed by atoms with Crippen molar-refractivity contribution in [2.75, 3.05) is 7.11 Å². The molecule has 0 aliphatic rings. The van der Waals surface area contributed by atoms with Crippen molar-refractivity contribution in [2.45, 2.75) is 13.3 Å². The van der Waals surface area contributed by atoms with Gasteiger partial charge in [-0.1, -0.05) is 18.2 Å². The molecule has 0 saturated carbocycles. The topological polar surface area (TPSA) is 69.4 Å². The van der Waals surface area contributed by atoms with Crippen LogP contribution >= 0.6 is 0 Å². The van der Waals surface area contributed by atoms with Crippen molar-refractivity contribution in [1.82, 2.24) is 0 Å². The number of rotatable bonds is 4. The van der Waals surface area contributed by atoms with Gasteiger partial charge in [0.1, 0.15) is 0 Å². The van der Waals surface area contributed by atoms with Crippen LogP contribution < -0.4 is 0 Å². The first kappa shape index (κ1) is 12.9. The van der Waals surface area contributed by atoms with Crippen molar-refractivity contribution < 1.29 is 14.5 Å². The van der Waals surface area contributed by atoms with Crippen LogP contribution in [0.4, 0.5) is 5.69 Å². The Morgan fingerprint density at radius 3 is 2.82 bits per heavy atom. The van der Waals surface area contributed by atoms with Gasteiger partial charge in [-0.2, -0.15) is 0 Å². The average molecular weight is 235 g/mol. The number of methoxy groups -OCH3 is 1. The molecular formula is C12H13NO4. The third-order valence-corrected chi connectivity index (χ3v) is 2.19. The van der Waals surface area contributed by atoms with Gasteiger partial charge >= 0.3 is 5.97 Å². The van der Waals surface area contributed by atoms with Gasteiger partial charge in [-0.05, 0) is 18.6 Å². The van der Waals surface area contributed by atoms with E-state index in [9.17, 15) is 14.9 Å². The maximum Gasteiger partial charge on any atom is 0.309 e. The summed E-state index contributed by atoms with van der Waals surface area (Å²) < 4.78 is 4.46. The molecule has 0 bridgehead atoms. The molecule has 0 radical (unpaired) electrons. The molecule has 1 rings (SSSR count). The zero-order valence-corrected chi connectivity index (χ0v) is 9.67. The smallest absolute Gasteiger partial charge is 0.309 e. The van der Waals surface area contributed by atoms with E-state index in [1.807, 2.05) is 0 Å². The Labute approximate surface area is 98.9 Å². The van der Waals surface area contributed by atoms with Gasteiger partial charge in [-0.15, -0.1) is 0 Å². The largest absolute Gasteiger partial charge is 0.469 e. The standard InChI is InChI=1S/C12H13NO4/c1-9-6-7-10(11(8-9)13(15)16)4-3-5-12(14)17-2/h3-4,6-8H,5H2,1-2H3. The Morgan fingerprint density at radius 1 is 1.53 bits per heavy atom. The van der Waals surface area contributed by atoms with Crippen molar-refractivity contribution >= 4 is 17.7 Å². The van der Waals surface area contributed by atoms with E-state index in [0.29, 0.717) is 5.56 Å². The third-order valence-electron chi connectivity index (χ3n) is 2.19. The summed E-state index contributed by atoms with van der Waals surface area (Å²) in [4.78, 5) is 21.2. The van der Waals surface area contributed by atoms with Crippen LogP contribution in [-0.2, 0) is 9.53 Å². The van der Waals surface area contributed by atoms with Gasteiger partial charge in [0.05, 0.1) is 24.0 Å². The number of esters is 1. The summed E-state index contributed by atoms with van der Waals surface area (Å²) in [7, 11) is 1.30. The summed E-state index contributed by atoms with van der Waals surface area (Å²) >= 11 is 0. The summed E-state index contributed by atoms with van der Waals surface area (Å²) in [6, 6.07) is 4.93. The minimum absolute atomic E-state index is 0.0334. The zero-order valence-electron chi connectivity index (χ0n) is 9.67. The lowest BCUT2D eigenvalue weighted by molar-refractivity contribution is -0.385. The van der Waals surface area contributed by atoms with Crippen molar-refractivity contribution in [1.29, 1.82) is 0 Å². The third kappa shape index (κ3) is 3.71. The number of carbonyl (C=O) groups excluding carboxylic acids is 1. The van der Waals surface area contributed by atoms with Crippen molar-refractivity contribution in [3.05, 3.63) is 45.5 Å². The number of carbonyl (C=O) groups is 1. The molecule has 1 aromatic rings. The number of nitro groups is 1. The monoisotopic (exact) mass is 235 g/mol. The van der Waals surface area contributed by atoms with Gasteiger partial charge in [0.2, 0.25) is 0 Å². The van der Waals surface area contributed by atoms with Crippen molar-refractivity contribution in [3.63, 3.8) is 0 Å². The molecule has 5 heteroatoms. The van der Waals surface area contributed by atoms with E-state index in [2.05, 4.69) is 4.74 Å². The fourth-order valence-electron chi connectivity index (χ4n) is 1.32. The number of hydrogen-bond acceptors (Lipinski definition) is 4. The maximum absolute atomic E-state index is 10.9. The van der Waals surface area contributed by atoms with Gasteiger partial charge in [0, 0.05) is 6.07 Å². The molecule has 0 fully saturated rings. The normalized spacial score (nSPS) is 10.5. The van der Waals surface area contributed by atoms with Gasteiger partial charge in [0.15, 0.2) is 0 Å². The second kappa shape index (κ2) is 5.79. The first-order valence-electron chi connectivity index (χ1n) is 5.03. The van der Waals surface area contributed by atoms with Crippen LogP contribution in [0.3, 0.4) is 0 Å². The highest BCUT2D eigenvalue weighted by atomic mass is 16.6. The van der Waals surface area contributed by atoms with Crippen LogP contribution in [0.5, 0.6) is 0 Å². The number of nitro benzene ring substituents is 1. The minimum atomic E-state index is -0.440. The van der Waals surface area contributed by atoms with E-state index in [1.54, 1.807) is 31.2 Å². The predicted molar refractivity (Wildman–Crippen MR) is 63.5 cm³/mol. The van der Waals surface area contributed by atoms with Gasteiger partial charge < -0.3 is 4.74 Å². The van der Waals surface area contributed by atoms with E-state index >= 15 is 0 Å². The van der Waals surface area contributed by atoms with E-state index in [0.717, 1.165) is 5.56 Å². The minimum Gasteiger partial charge on any atom is -0.469 e. The van der Waals surface area contributed by atoms with E-state index in [4.69, 9.17) is 0 Å². The lowest BCUT2D eigenvalue weighted by Gasteiger charge is -1.99. The Balaban J connectivity index is 2.90. The quantitative estimate of drug-likeness (QED) is 0.456. The number of nitrogens with zero attached hydrogens (tertiary/aromatic N) is 1. The summed E-state index contributed by atoms with van der Waals surface area (Å²) in [5.74, 6) is -0.379. The number of benzene rings is 1. The lowest BCUT2D eigenvalue weighted by atomic mass is 10.1. The Hall–Kier alpha value is -2.17. The van der Waals surface area contributed by atoms with Crippen LogP contribution in [-0.4, -0.2) is 18.0 Å². The Morgan fingerprint density at radius 2 is 2.24 bits per heavy atom. The molecule has 0 saturated heterocycles. The molecular weight excluding hydrogens is 222 g/mol. The van der Waals surface area contributed by atoms with Crippen LogP contribution in [0.2, 0.25) is 0 Å². The van der Waals surface area contributed by atoms with Crippen molar-refractivity contribution in [2.24, 2.45) is 0 Å². The first-order valence-corrected chi connectivity index (χ1v) is 5.03. The fraction of sp³-hybridized carbons (Fsp3) is 0.250. The number of aryl methyl sites for hydroxylation is 1. The molecule has 0 atom stereocenters. The summed E-state index contributed by atoms with van der Waals surface area (Å²) in [6.07, 6.45) is 3.19. The molecule has 0 amide bonds. The molecule has 0 spiro atoms. The maximum atomic E-state index is 10.9. The Bertz CT molecular complexity index is 466. The van der Waals surface area contributed by atoms with Crippen LogP contribution in [0.25, 0.3) is 6.08 Å². The highest BCUT2D eigenvalue weighted by Crippen LogP contribution is 2.21. The molecule has 5 nitrogen and oxygen atoms in total. The molecule has 0 aromatic heterocycles. The molecule has 1 aromatic carbocycles. The van der Waals surface area contributed by atoms with Crippen LogP contribution in [0, 0.1) is 17.0 Å². The molecule has 90 valence electrons. The SMILES string of the molecule is COC(=O)CC=Cc1ccc(C)cc1[N+](=O)[O-]. The Kier molecular flexibility index (Phi) is 4.39. The molecule has 0 unspecified atom stereocenters. The van der Waals surface area contributed by atoms with Crippen LogP contribution in [0.1, 0.15) is 17.5 Å². The van der Waals surface area contributed by atoms with Crippen LogP contribution in [0.15, 0.2) is 24.3 Å². The summed E-state index contributed by atoms with van der Waals surface area (Å²) in [5.41, 5.74) is 1.33. The molecule has 17 heavy (non-hydrogen) atoms. The second-order valence-electron chi connectivity index (χ2n) is 3.50. The predicted octanol–water partition coefficient (Wildman–Crippen LogP) is 2.48. The fourth-order valence-corrected chi connectivity index (χ4v) is 1.32. The summed E-state index contributed by atoms with van der Waals surface area (Å²) in [6.45, 7) is 1.79. The molecule has 0 heterocycles. The van der Waals surface area contributed by atoms with Gasteiger partial charge in [-0.25, -0.2) is 0 Å². The highest BCUT2D eigenvalue weighted by molar-refractivity contribution is 5.73. The van der Waals surface area contributed by atoms with E-state index in [-0.39, 0.29) is 18.1 Å². The second-order valence-corrected chi connectivity index (χ2v) is 3.50. The van der Waals surface area contributed by atoms with Crippen molar-refractivity contribution in [3.8, 4) is 0 Å². The van der Waals surface area contributed by atoms with E-state index in [1.165, 1.54) is 13.2 Å². The van der Waals surface area contributed by atoms with E-state index < -0.39 is 4.92 Å². The molecule has 0 aliphatic carbocycles. The zero-order chi connectivity index (χ0) is 12.8. The van der Waals surface area contributed by atoms with Gasteiger partial charge in [-0.3, -0.25) is 14.9 Å². The lowest BCUT2D eigenvalue weighted by Crippen LogP contribution is -1.97. The number of ether oxygens (including phenoxy) is 1. The average Bonchev–Trinajstić information content (AvgIpc) is 2.30. The van der Waals surface area contributed by atoms with Gasteiger partial charge in [0.25, 0.3) is 5.69 Å². The highest BCUT2D eigenvalue weighted by Gasteiger charge is 2.10.